The number of methoxy groups -OCH3 is 1. The van der Waals surface area contributed by atoms with Crippen LogP contribution in [0.4, 0.5) is 0 Å². The number of hydrogen-bond acceptors (Lipinski definition) is 4. The number of carbonyl (C=O) groups excluding carboxylic acids is 2. The Labute approximate surface area is 188 Å². The average Bonchev–Trinajstić information content (AvgIpc) is 2.98. The molecule has 0 saturated carbocycles. The summed E-state index contributed by atoms with van der Waals surface area (Å²) in [6.07, 6.45) is 0.584. The van der Waals surface area contributed by atoms with Crippen molar-refractivity contribution in [2.45, 2.75) is 38.6 Å². The maximum atomic E-state index is 13.0. The van der Waals surface area contributed by atoms with Crippen LogP contribution in [0.1, 0.15) is 49.9 Å². The molecule has 1 fully saturated rings. The lowest BCUT2D eigenvalue weighted by molar-refractivity contribution is -0.140. The van der Waals surface area contributed by atoms with Crippen LogP contribution in [0.15, 0.2) is 54.1 Å². The Kier molecular flexibility index (Phi) is 6.87. The van der Waals surface area contributed by atoms with Gasteiger partial charge in [0, 0.05) is 30.8 Å². The Morgan fingerprint density at radius 2 is 1.68 bits per heavy atom. The monoisotopic (exact) mass is 441 g/mol. The standard InChI is InChI=1S/C25H28ClNO4/c1-25(2,3)18-10-6-16(7-11-18)21-20(22(28)17-8-12-19(26)13-9-17)23(29)24(30)27(21)14-5-15-31-4/h6-13,21,28H,5,14-15H2,1-4H3. The van der Waals surface area contributed by atoms with E-state index in [2.05, 4.69) is 20.8 Å². The minimum atomic E-state index is -0.685. The maximum Gasteiger partial charge on any atom is 0.295 e. The van der Waals surface area contributed by atoms with Crippen molar-refractivity contribution < 1.29 is 19.4 Å². The summed E-state index contributed by atoms with van der Waals surface area (Å²) in [5.74, 6) is -1.50. The Hall–Kier alpha value is -2.63. The highest BCUT2D eigenvalue weighted by Crippen LogP contribution is 2.40. The molecule has 1 amide bonds. The highest BCUT2D eigenvalue weighted by molar-refractivity contribution is 6.46. The van der Waals surface area contributed by atoms with E-state index in [1.807, 2.05) is 24.3 Å². The quantitative estimate of drug-likeness (QED) is 0.293. The molecule has 2 aromatic rings. The van der Waals surface area contributed by atoms with Crippen molar-refractivity contribution in [3.8, 4) is 0 Å². The number of carbonyl (C=O) groups is 2. The molecule has 1 aliphatic rings. The normalized spacial score (nSPS) is 18.6. The second kappa shape index (κ2) is 9.25. The lowest BCUT2D eigenvalue weighted by atomic mass is 9.85. The lowest BCUT2D eigenvalue weighted by Gasteiger charge is -2.26. The van der Waals surface area contributed by atoms with E-state index >= 15 is 0 Å². The second-order valence-electron chi connectivity index (χ2n) is 8.72. The fraction of sp³-hybridized carbons (Fsp3) is 0.360. The first-order valence-corrected chi connectivity index (χ1v) is 10.7. The van der Waals surface area contributed by atoms with Crippen molar-refractivity contribution in [3.63, 3.8) is 0 Å². The third-order valence-corrected chi connectivity index (χ3v) is 5.75. The third-order valence-electron chi connectivity index (χ3n) is 5.50. The van der Waals surface area contributed by atoms with E-state index in [1.54, 1.807) is 31.4 Å². The van der Waals surface area contributed by atoms with Crippen molar-refractivity contribution in [1.29, 1.82) is 0 Å². The Morgan fingerprint density at radius 3 is 2.23 bits per heavy atom. The number of Topliss-reactive ketones (excluding diaryl/α,β-unsaturated/α-hetero) is 1. The number of nitrogens with zero attached hydrogens (tertiary/aromatic N) is 1. The van der Waals surface area contributed by atoms with Crippen LogP contribution in [0.25, 0.3) is 5.76 Å². The number of hydrogen-bond donors (Lipinski definition) is 1. The fourth-order valence-corrected chi connectivity index (χ4v) is 3.89. The van der Waals surface area contributed by atoms with Crippen LogP contribution in [0.3, 0.4) is 0 Å². The van der Waals surface area contributed by atoms with Crippen molar-refractivity contribution in [2.24, 2.45) is 0 Å². The number of aliphatic hydroxyl groups excluding tert-OH is 1. The number of rotatable bonds is 6. The van der Waals surface area contributed by atoms with Gasteiger partial charge in [-0.25, -0.2) is 0 Å². The predicted octanol–water partition coefficient (Wildman–Crippen LogP) is 5.10. The van der Waals surface area contributed by atoms with Gasteiger partial charge in [-0.15, -0.1) is 0 Å². The molecule has 0 spiro atoms. The Balaban J connectivity index is 2.11. The average molecular weight is 442 g/mol. The van der Waals surface area contributed by atoms with Crippen molar-refractivity contribution in [2.75, 3.05) is 20.3 Å². The van der Waals surface area contributed by atoms with E-state index in [0.29, 0.717) is 30.2 Å². The minimum Gasteiger partial charge on any atom is -0.507 e. The summed E-state index contributed by atoms with van der Waals surface area (Å²) in [5, 5.41) is 11.5. The van der Waals surface area contributed by atoms with Crippen LogP contribution >= 0.6 is 11.6 Å². The molecule has 1 N–H and O–H groups in total. The number of ether oxygens (including phenoxy) is 1. The first-order chi connectivity index (χ1) is 14.6. The first-order valence-electron chi connectivity index (χ1n) is 10.3. The molecule has 0 radical (unpaired) electrons. The molecule has 2 aromatic carbocycles. The van der Waals surface area contributed by atoms with Gasteiger partial charge in [0.1, 0.15) is 5.76 Å². The van der Waals surface area contributed by atoms with Crippen molar-refractivity contribution in [3.05, 3.63) is 75.8 Å². The minimum absolute atomic E-state index is 0.0257. The molecule has 1 saturated heterocycles. The maximum absolute atomic E-state index is 13.0. The highest BCUT2D eigenvalue weighted by Gasteiger charge is 2.45. The van der Waals surface area contributed by atoms with E-state index in [9.17, 15) is 14.7 Å². The van der Waals surface area contributed by atoms with E-state index in [1.165, 1.54) is 4.90 Å². The summed E-state index contributed by atoms with van der Waals surface area (Å²) < 4.78 is 5.12. The molecule has 31 heavy (non-hydrogen) atoms. The molecule has 1 unspecified atom stereocenters. The van der Waals surface area contributed by atoms with Crippen LogP contribution in [-0.4, -0.2) is 42.0 Å². The van der Waals surface area contributed by atoms with Crippen LogP contribution in [-0.2, 0) is 19.7 Å². The number of halogens is 1. The van der Waals surface area contributed by atoms with Gasteiger partial charge < -0.3 is 14.7 Å². The molecule has 0 bridgehead atoms. The summed E-state index contributed by atoms with van der Waals surface area (Å²) in [6.45, 7) is 7.19. The van der Waals surface area contributed by atoms with Crippen LogP contribution in [0.5, 0.6) is 0 Å². The van der Waals surface area contributed by atoms with Crippen LogP contribution in [0.2, 0.25) is 5.02 Å². The fourth-order valence-electron chi connectivity index (χ4n) is 3.77. The molecular weight excluding hydrogens is 414 g/mol. The van der Waals surface area contributed by atoms with E-state index in [0.717, 1.165) is 11.1 Å². The number of likely N-dealkylation sites (tertiary alicyclic amines) is 1. The third kappa shape index (κ3) is 4.83. The molecule has 0 aliphatic carbocycles. The second-order valence-corrected chi connectivity index (χ2v) is 9.15. The number of aliphatic hydroxyl groups is 1. The van der Waals surface area contributed by atoms with Crippen molar-refractivity contribution >= 4 is 29.1 Å². The Bertz CT molecular complexity index is 988. The smallest absolute Gasteiger partial charge is 0.295 e. The molecule has 164 valence electrons. The summed E-state index contributed by atoms with van der Waals surface area (Å²) >= 11 is 5.96. The molecular formula is C25H28ClNO4. The summed E-state index contributed by atoms with van der Waals surface area (Å²) in [5.41, 5.74) is 2.43. The van der Waals surface area contributed by atoms with E-state index in [4.69, 9.17) is 16.3 Å². The molecule has 1 aliphatic heterocycles. The summed E-state index contributed by atoms with van der Waals surface area (Å²) in [6, 6.07) is 13.7. The zero-order valence-electron chi connectivity index (χ0n) is 18.3. The zero-order valence-corrected chi connectivity index (χ0v) is 19.1. The number of ketones is 1. The van der Waals surface area contributed by atoms with Gasteiger partial charge in [0.15, 0.2) is 0 Å². The molecule has 6 heteroatoms. The summed E-state index contributed by atoms with van der Waals surface area (Å²) in [7, 11) is 1.59. The van der Waals surface area contributed by atoms with Gasteiger partial charge in [0.2, 0.25) is 0 Å². The molecule has 0 aromatic heterocycles. The van der Waals surface area contributed by atoms with Crippen molar-refractivity contribution in [1.82, 2.24) is 4.90 Å². The highest BCUT2D eigenvalue weighted by atomic mass is 35.5. The van der Waals surface area contributed by atoms with Crippen LogP contribution < -0.4 is 0 Å². The molecule has 5 nitrogen and oxygen atoms in total. The lowest BCUT2D eigenvalue weighted by Crippen LogP contribution is -2.31. The molecule has 3 rings (SSSR count). The van der Waals surface area contributed by atoms with Gasteiger partial charge in [0.05, 0.1) is 11.6 Å². The number of amides is 1. The van der Waals surface area contributed by atoms with Gasteiger partial charge in [-0.2, -0.15) is 0 Å². The largest absolute Gasteiger partial charge is 0.507 e. The van der Waals surface area contributed by atoms with Gasteiger partial charge in [-0.1, -0.05) is 56.6 Å². The Morgan fingerprint density at radius 1 is 1.06 bits per heavy atom. The molecule has 1 heterocycles. The summed E-state index contributed by atoms with van der Waals surface area (Å²) in [4.78, 5) is 27.4. The predicted molar refractivity (Wildman–Crippen MR) is 122 cm³/mol. The first kappa shape index (κ1) is 23.0. The van der Waals surface area contributed by atoms with Gasteiger partial charge >= 0.3 is 0 Å². The van der Waals surface area contributed by atoms with Gasteiger partial charge in [-0.05, 0) is 47.2 Å². The zero-order chi connectivity index (χ0) is 22.8. The van der Waals surface area contributed by atoms with Gasteiger partial charge in [0.25, 0.3) is 11.7 Å². The molecule has 1 atom stereocenters. The van der Waals surface area contributed by atoms with E-state index < -0.39 is 17.7 Å². The van der Waals surface area contributed by atoms with Gasteiger partial charge in [-0.3, -0.25) is 9.59 Å². The van der Waals surface area contributed by atoms with E-state index in [-0.39, 0.29) is 16.7 Å². The van der Waals surface area contributed by atoms with Crippen LogP contribution in [0, 0.1) is 0 Å². The topological polar surface area (TPSA) is 66.8 Å². The SMILES string of the molecule is COCCCN1C(=O)C(=O)C(=C(O)c2ccc(Cl)cc2)C1c1ccc(C(C)(C)C)cc1. The number of benzene rings is 2.